The third kappa shape index (κ3) is 2.09. The monoisotopic (exact) mass is 218 g/mol. The molecule has 1 aliphatic heterocycles. The maximum Gasteiger partial charge on any atom is 0.234 e. The lowest BCUT2D eigenvalue weighted by Crippen LogP contribution is -2.47. The van der Waals surface area contributed by atoms with Crippen LogP contribution in [0.5, 0.6) is 0 Å². The molecule has 0 bridgehead atoms. The number of hydrogen-bond donors (Lipinski definition) is 2. The number of benzene rings is 1. The summed E-state index contributed by atoms with van der Waals surface area (Å²) >= 11 is 0. The molecule has 3 nitrogen and oxygen atoms in total. The highest BCUT2D eigenvalue weighted by Crippen LogP contribution is 2.28. The molecule has 1 heterocycles. The highest BCUT2D eigenvalue weighted by molar-refractivity contribution is 5.80. The molecule has 0 aromatic heterocycles. The van der Waals surface area contributed by atoms with Crippen molar-refractivity contribution < 1.29 is 4.79 Å². The van der Waals surface area contributed by atoms with Gasteiger partial charge in [-0.15, -0.1) is 0 Å². The lowest BCUT2D eigenvalue weighted by atomic mass is 9.88. The molecule has 0 fully saturated rings. The van der Waals surface area contributed by atoms with Gasteiger partial charge in [-0.1, -0.05) is 37.6 Å². The third-order valence-corrected chi connectivity index (χ3v) is 3.18. The maximum atomic E-state index is 11.3. The number of carbonyl (C=O) groups excluding carboxylic acids is 1. The van der Waals surface area contributed by atoms with Gasteiger partial charge in [-0.2, -0.15) is 0 Å². The minimum Gasteiger partial charge on any atom is -0.368 e. The van der Waals surface area contributed by atoms with Gasteiger partial charge >= 0.3 is 0 Å². The summed E-state index contributed by atoms with van der Waals surface area (Å²) in [4.78, 5) is 11.3. The largest absolute Gasteiger partial charge is 0.368 e. The Morgan fingerprint density at radius 1 is 1.50 bits per heavy atom. The van der Waals surface area contributed by atoms with Crippen LogP contribution in [0.25, 0.3) is 0 Å². The van der Waals surface area contributed by atoms with Gasteiger partial charge in [-0.3, -0.25) is 10.1 Å². The SMILES string of the molecule is CCCC1NC(C(N)=O)Cc2ccccc21. The Balaban J connectivity index is 2.29. The summed E-state index contributed by atoms with van der Waals surface area (Å²) in [7, 11) is 0. The fourth-order valence-electron chi connectivity index (χ4n) is 2.38. The summed E-state index contributed by atoms with van der Waals surface area (Å²) in [6.45, 7) is 2.15. The number of hydrogen-bond acceptors (Lipinski definition) is 2. The lowest BCUT2D eigenvalue weighted by Gasteiger charge is -2.31. The Morgan fingerprint density at radius 2 is 2.25 bits per heavy atom. The Morgan fingerprint density at radius 3 is 2.94 bits per heavy atom. The predicted octanol–water partition coefficient (Wildman–Crippen LogP) is 1.53. The summed E-state index contributed by atoms with van der Waals surface area (Å²) < 4.78 is 0. The fourth-order valence-corrected chi connectivity index (χ4v) is 2.38. The molecule has 1 aliphatic rings. The number of nitrogens with two attached hydrogens (primary N) is 1. The van der Waals surface area contributed by atoms with E-state index in [1.807, 2.05) is 12.1 Å². The molecular weight excluding hydrogens is 200 g/mol. The van der Waals surface area contributed by atoms with Gasteiger partial charge in [0.2, 0.25) is 5.91 Å². The van der Waals surface area contributed by atoms with E-state index in [1.54, 1.807) is 0 Å². The first-order valence-electron chi connectivity index (χ1n) is 5.85. The molecule has 2 atom stereocenters. The van der Waals surface area contributed by atoms with Crippen molar-refractivity contribution in [2.24, 2.45) is 5.73 Å². The topological polar surface area (TPSA) is 55.1 Å². The number of rotatable bonds is 3. The second kappa shape index (κ2) is 4.66. The van der Waals surface area contributed by atoms with Crippen molar-refractivity contribution in [1.82, 2.24) is 5.32 Å². The Kier molecular flexibility index (Phi) is 3.25. The summed E-state index contributed by atoms with van der Waals surface area (Å²) in [6.07, 6.45) is 2.85. The first kappa shape index (κ1) is 11.1. The van der Waals surface area contributed by atoms with Crippen LogP contribution in [-0.2, 0) is 11.2 Å². The van der Waals surface area contributed by atoms with E-state index in [1.165, 1.54) is 11.1 Å². The summed E-state index contributed by atoms with van der Waals surface area (Å²) in [5.41, 5.74) is 7.96. The van der Waals surface area contributed by atoms with Gasteiger partial charge in [0.1, 0.15) is 0 Å². The second-order valence-electron chi connectivity index (χ2n) is 4.37. The maximum absolute atomic E-state index is 11.3. The average Bonchev–Trinajstić information content (AvgIpc) is 2.29. The molecule has 1 aromatic rings. The quantitative estimate of drug-likeness (QED) is 0.808. The normalized spacial score (nSPS) is 23.8. The van der Waals surface area contributed by atoms with Crippen molar-refractivity contribution in [3.63, 3.8) is 0 Å². The van der Waals surface area contributed by atoms with E-state index in [-0.39, 0.29) is 18.0 Å². The summed E-state index contributed by atoms with van der Waals surface area (Å²) in [5, 5.41) is 3.34. The van der Waals surface area contributed by atoms with Crippen molar-refractivity contribution in [2.45, 2.75) is 38.3 Å². The van der Waals surface area contributed by atoms with E-state index in [4.69, 9.17) is 5.73 Å². The molecule has 0 spiro atoms. The highest BCUT2D eigenvalue weighted by atomic mass is 16.1. The van der Waals surface area contributed by atoms with Crippen LogP contribution in [0.2, 0.25) is 0 Å². The van der Waals surface area contributed by atoms with Crippen LogP contribution in [0.15, 0.2) is 24.3 Å². The summed E-state index contributed by atoms with van der Waals surface area (Å²) in [5.74, 6) is -0.254. The average molecular weight is 218 g/mol. The minimum absolute atomic E-state index is 0.216. The third-order valence-electron chi connectivity index (χ3n) is 3.18. The van der Waals surface area contributed by atoms with E-state index in [9.17, 15) is 4.79 Å². The second-order valence-corrected chi connectivity index (χ2v) is 4.37. The van der Waals surface area contributed by atoms with Crippen LogP contribution < -0.4 is 11.1 Å². The number of amides is 1. The standard InChI is InChI=1S/C13H18N2O/c1-2-5-11-10-7-4-3-6-9(10)8-12(15-11)13(14)16/h3-4,6-7,11-12,15H,2,5,8H2,1H3,(H2,14,16). The number of carbonyl (C=O) groups is 1. The van der Waals surface area contributed by atoms with Crippen molar-refractivity contribution in [1.29, 1.82) is 0 Å². The van der Waals surface area contributed by atoms with Crippen molar-refractivity contribution >= 4 is 5.91 Å². The van der Waals surface area contributed by atoms with E-state index >= 15 is 0 Å². The van der Waals surface area contributed by atoms with Crippen LogP contribution in [0, 0.1) is 0 Å². The molecule has 3 N–H and O–H groups in total. The zero-order chi connectivity index (χ0) is 11.5. The first-order chi connectivity index (χ1) is 7.72. The van der Waals surface area contributed by atoms with E-state index in [0.717, 1.165) is 12.8 Å². The molecule has 2 rings (SSSR count). The number of primary amides is 1. The van der Waals surface area contributed by atoms with Gasteiger partial charge < -0.3 is 5.73 Å². The van der Waals surface area contributed by atoms with Gasteiger partial charge in [0, 0.05) is 6.04 Å². The molecule has 3 heteroatoms. The zero-order valence-electron chi connectivity index (χ0n) is 9.57. The van der Waals surface area contributed by atoms with Gasteiger partial charge in [0.15, 0.2) is 0 Å². The molecule has 2 unspecified atom stereocenters. The van der Waals surface area contributed by atoms with Crippen LogP contribution in [0.1, 0.15) is 36.9 Å². The highest BCUT2D eigenvalue weighted by Gasteiger charge is 2.27. The van der Waals surface area contributed by atoms with Gasteiger partial charge in [0.25, 0.3) is 0 Å². The first-order valence-corrected chi connectivity index (χ1v) is 5.85. The molecule has 86 valence electrons. The minimum atomic E-state index is -0.254. The van der Waals surface area contributed by atoms with Crippen LogP contribution in [-0.4, -0.2) is 11.9 Å². The van der Waals surface area contributed by atoms with Crippen molar-refractivity contribution in [2.75, 3.05) is 0 Å². The zero-order valence-corrected chi connectivity index (χ0v) is 9.57. The van der Waals surface area contributed by atoms with Crippen molar-refractivity contribution in [3.05, 3.63) is 35.4 Å². The van der Waals surface area contributed by atoms with E-state index < -0.39 is 0 Å². The van der Waals surface area contributed by atoms with E-state index in [2.05, 4.69) is 24.4 Å². The molecule has 0 saturated heterocycles. The fraction of sp³-hybridized carbons (Fsp3) is 0.462. The molecule has 0 aliphatic carbocycles. The smallest absolute Gasteiger partial charge is 0.234 e. The predicted molar refractivity (Wildman–Crippen MR) is 63.9 cm³/mol. The van der Waals surface area contributed by atoms with Crippen LogP contribution in [0.4, 0.5) is 0 Å². The molecule has 16 heavy (non-hydrogen) atoms. The Hall–Kier alpha value is -1.35. The molecule has 1 aromatic carbocycles. The van der Waals surface area contributed by atoms with E-state index in [0.29, 0.717) is 6.42 Å². The Labute approximate surface area is 96.0 Å². The molecule has 1 amide bonds. The molecule has 0 saturated carbocycles. The lowest BCUT2D eigenvalue weighted by molar-refractivity contribution is -0.120. The number of nitrogens with one attached hydrogen (secondary N) is 1. The van der Waals surface area contributed by atoms with Crippen LogP contribution >= 0.6 is 0 Å². The van der Waals surface area contributed by atoms with Gasteiger partial charge in [0.05, 0.1) is 6.04 Å². The summed E-state index contributed by atoms with van der Waals surface area (Å²) in [6, 6.07) is 8.35. The molecular formula is C13H18N2O. The van der Waals surface area contributed by atoms with Crippen LogP contribution in [0.3, 0.4) is 0 Å². The van der Waals surface area contributed by atoms with Crippen molar-refractivity contribution in [3.8, 4) is 0 Å². The van der Waals surface area contributed by atoms with Gasteiger partial charge in [-0.05, 0) is 24.0 Å². The number of fused-ring (bicyclic) bond motifs is 1. The molecule has 0 radical (unpaired) electrons. The van der Waals surface area contributed by atoms with Gasteiger partial charge in [-0.25, -0.2) is 0 Å². The Bertz CT molecular complexity index is 389.